The molecule has 0 fully saturated rings. The highest BCUT2D eigenvalue weighted by Crippen LogP contribution is 2.16. The van der Waals surface area contributed by atoms with Crippen molar-refractivity contribution in [3.63, 3.8) is 0 Å². The molecule has 2 rings (SSSR count). The van der Waals surface area contributed by atoms with Crippen LogP contribution in [0.2, 0.25) is 0 Å². The van der Waals surface area contributed by atoms with Gasteiger partial charge in [-0.25, -0.2) is 9.37 Å². The van der Waals surface area contributed by atoms with Crippen LogP contribution in [0.1, 0.15) is 10.7 Å². The lowest BCUT2D eigenvalue weighted by Gasteiger charge is -2.01. The average Bonchev–Trinajstić information content (AvgIpc) is 2.64. The number of aromatic nitrogens is 1. The predicted octanol–water partition coefficient (Wildman–Crippen LogP) is 2.90. The number of thiazole rings is 1. The molecule has 0 radical (unpaired) electrons. The minimum Gasteiger partial charge on any atom is -0.254 e. The Morgan fingerprint density at radius 1 is 1.44 bits per heavy atom. The SMILES string of the molecule is Cc1nc(CS(=O)c2ccccc2F)cs1. The van der Waals surface area contributed by atoms with Gasteiger partial charge in [0, 0.05) is 5.38 Å². The molecule has 84 valence electrons. The fraction of sp³-hybridized carbons (Fsp3) is 0.182. The molecule has 0 bridgehead atoms. The summed E-state index contributed by atoms with van der Waals surface area (Å²) in [5.41, 5.74) is 0.754. The number of hydrogen-bond donors (Lipinski definition) is 0. The van der Waals surface area contributed by atoms with Crippen LogP contribution in [-0.4, -0.2) is 9.19 Å². The fourth-order valence-electron chi connectivity index (χ4n) is 1.32. The van der Waals surface area contributed by atoms with Gasteiger partial charge in [0.1, 0.15) is 5.82 Å². The quantitative estimate of drug-likeness (QED) is 0.844. The van der Waals surface area contributed by atoms with Crippen LogP contribution in [0.15, 0.2) is 34.5 Å². The second kappa shape index (κ2) is 4.84. The third kappa shape index (κ3) is 2.54. The van der Waals surface area contributed by atoms with Crippen LogP contribution in [0.4, 0.5) is 4.39 Å². The molecule has 0 saturated heterocycles. The fourth-order valence-corrected chi connectivity index (χ4v) is 3.12. The van der Waals surface area contributed by atoms with Gasteiger partial charge in [0.05, 0.1) is 32.1 Å². The largest absolute Gasteiger partial charge is 0.254 e. The molecule has 0 aliphatic carbocycles. The van der Waals surface area contributed by atoms with E-state index in [4.69, 9.17) is 0 Å². The molecule has 2 aromatic rings. The Hall–Kier alpha value is -1.07. The van der Waals surface area contributed by atoms with Gasteiger partial charge in [-0.15, -0.1) is 11.3 Å². The summed E-state index contributed by atoms with van der Waals surface area (Å²) >= 11 is 1.51. The summed E-state index contributed by atoms with van der Waals surface area (Å²) in [4.78, 5) is 4.45. The van der Waals surface area contributed by atoms with Gasteiger partial charge in [0.15, 0.2) is 0 Å². The highest BCUT2D eigenvalue weighted by molar-refractivity contribution is 7.84. The summed E-state index contributed by atoms with van der Waals surface area (Å²) < 4.78 is 25.2. The van der Waals surface area contributed by atoms with E-state index in [0.717, 1.165) is 10.7 Å². The third-order valence-corrected chi connectivity index (χ3v) is 4.23. The molecule has 0 N–H and O–H groups in total. The van der Waals surface area contributed by atoms with Gasteiger partial charge >= 0.3 is 0 Å². The number of halogens is 1. The van der Waals surface area contributed by atoms with E-state index in [9.17, 15) is 8.60 Å². The van der Waals surface area contributed by atoms with Crippen molar-refractivity contribution in [1.29, 1.82) is 0 Å². The molecule has 0 aliphatic heterocycles. The molecule has 0 saturated carbocycles. The summed E-state index contributed by atoms with van der Waals surface area (Å²) in [6.07, 6.45) is 0. The molecular weight excluding hydrogens is 245 g/mol. The minimum atomic E-state index is -1.36. The van der Waals surface area contributed by atoms with Crippen molar-refractivity contribution in [2.75, 3.05) is 0 Å². The van der Waals surface area contributed by atoms with E-state index in [0.29, 0.717) is 0 Å². The molecule has 16 heavy (non-hydrogen) atoms. The Morgan fingerprint density at radius 3 is 2.81 bits per heavy atom. The molecule has 0 spiro atoms. The van der Waals surface area contributed by atoms with Crippen molar-refractivity contribution in [3.8, 4) is 0 Å². The lowest BCUT2D eigenvalue weighted by molar-refractivity contribution is 0.595. The molecule has 5 heteroatoms. The zero-order chi connectivity index (χ0) is 11.5. The molecular formula is C11H10FNOS2. The van der Waals surface area contributed by atoms with Crippen molar-refractivity contribution < 1.29 is 8.60 Å². The zero-order valence-corrected chi connectivity index (χ0v) is 10.3. The Balaban J connectivity index is 2.18. The van der Waals surface area contributed by atoms with Crippen molar-refractivity contribution in [3.05, 3.63) is 46.2 Å². The molecule has 0 aliphatic rings. The van der Waals surface area contributed by atoms with Crippen LogP contribution in [0.25, 0.3) is 0 Å². The first-order valence-corrected chi connectivity index (χ1v) is 6.90. The second-order valence-electron chi connectivity index (χ2n) is 3.28. The van der Waals surface area contributed by atoms with Gasteiger partial charge in [-0.05, 0) is 19.1 Å². The maximum Gasteiger partial charge on any atom is 0.139 e. The van der Waals surface area contributed by atoms with E-state index in [2.05, 4.69) is 4.98 Å². The Kier molecular flexibility index (Phi) is 3.46. The van der Waals surface area contributed by atoms with Gasteiger partial charge in [-0.2, -0.15) is 0 Å². The maximum atomic E-state index is 13.3. The van der Waals surface area contributed by atoms with Gasteiger partial charge in [-0.3, -0.25) is 4.21 Å². The topological polar surface area (TPSA) is 30.0 Å². The molecule has 0 amide bonds. The van der Waals surface area contributed by atoms with E-state index in [1.165, 1.54) is 17.4 Å². The summed E-state index contributed by atoms with van der Waals surface area (Å²) in [5.74, 6) is -0.154. The number of nitrogens with zero attached hydrogens (tertiary/aromatic N) is 1. The second-order valence-corrected chi connectivity index (χ2v) is 5.76. The van der Waals surface area contributed by atoms with E-state index < -0.39 is 16.6 Å². The molecule has 1 heterocycles. The lowest BCUT2D eigenvalue weighted by atomic mass is 10.3. The molecule has 1 aromatic carbocycles. The van der Waals surface area contributed by atoms with Gasteiger partial charge in [-0.1, -0.05) is 12.1 Å². The Labute approximate surface area is 99.6 Å². The van der Waals surface area contributed by atoms with Crippen molar-refractivity contribution in [1.82, 2.24) is 4.98 Å². The highest BCUT2D eigenvalue weighted by Gasteiger charge is 2.11. The first kappa shape index (κ1) is 11.4. The lowest BCUT2D eigenvalue weighted by Crippen LogP contribution is -1.99. The molecule has 2 nitrogen and oxygen atoms in total. The van der Waals surface area contributed by atoms with Gasteiger partial charge in [0.25, 0.3) is 0 Å². The standard InChI is InChI=1S/C11H10FNOS2/c1-8-13-9(6-15-8)7-16(14)11-5-3-2-4-10(11)12/h2-6H,7H2,1H3. The number of aryl methyl sites for hydroxylation is 1. The zero-order valence-electron chi connectivity index (χ0n) is 8.64. The number of benzene rings is 1. The van der Waals surface area contributed by atoms with E-state index in [1.807, 2.05) is 12.3 Å². The van der Waals surface area contributed by atoms with Crippen LogP contribution >= 0.6 is 11.3 Å². The van der Waals surface area contributed by atoms with Crippen molar-refractivity contribution in [2.24, 2.45) is 0 Å². The highest BCUT2D eigenvalue weighted by atomic mass is 32.2. The third-order valence-electron chi connectivity index (χ3n) is 2.03. The normalized spacial score (nSPS) is 12.6. The summed E-state index contributed by atoms with van der Waals surface area (Å²) in [6.45, 7) is 1.89. The van der Waals surface area contributed by atoms with Crippen LogP contribution < -0.4 is 0 Å². The van der Waals surface area contributed by atoms with E-state index >= 15 is 0 Å². The summed E-state index contributed by atoms with van der Waals surface area (Å²) in [7, 11) is -1.36. The molecule has 1 aromatic heterocycles. The van der Waals surface area contributed by atoms with Crippen molar-refractivity contribution >= 4 is 22.1 Å². The van der Waals surface area contributed by atoms with Gasteiger partial charge in [0.2, 0.25) is 0 Å². The van der Waals surface area contributed by atoms with Crippen LogP contribution in [-0.2, 0) is 16.6 Å². The molecule has 1 unspecified atom stereocenters. The van der Waals surface area contributed by atoms with E-state index in [-0.39, 0.29) is 10.6 Å². The van der Waals surface area contributed by atoms with Crippen LogP contribution in [0.3, 0.4) is 0 Å². The average molecular weight is 255 g/mol. The maximum absolute atomic E-state index is 13.3. The number of rotatable bonds is 3. The van der Waals surface area contributed by atoms with E-state index in [1.54, 1.807) is 18.2 Å². The number of hydrogen-bond acceptors (Lipinski definition) is 3. The predicted molar refractivity (Wildman–Crippen MR) is 63.4 cm³/mol. The first-order valence-electron chi connectivity index (χ1n) is 4.71. The Morgan fingerprint density at radius 2 is 2.19 bits per heavy atom. The van der Waals surface area contributed by atoms with Crippen LogP contribution in [0.5, 0.6) is 0 Å². The summed E-state index contributed by atoms with van der Waals surface area (Å²) in [6, 6.07) is 6.13. The minimum absolute atomic E-state index is 0.244. The van der Waals surface area contributed by atoms with Crippen molar-refractivity contribution in [2.45, 2.75) is 17.6 Å². The summed E-state index contributed by atoms with van der Waals surface area (Å²) in [5, 5.41) is 2.79. The Bertz CT molecular complexity index is 524. The smallest absolute Gasteiger partial charge is 0.139 e. The molecule has 1 atom stereocenters. The van der Waals surface area contributed by atoms with Crippen LogP contribution in [0, 0.1) is 12.7 Å². The first-order chi connectivity index (χ1) is 7.66. The monoisotopic (exact) mass is 255 g/mol. The van der Waals surface area contributed by atoms with Gasteiger partial charge < -0.3 is 0 Å².